The maximum atomic E-state index is 11.7. The number of carboxylic acids is 1. The van der Waals surface area contributed by atoms with Crippen LogP contribution >= 0.6 is 0 Å². The van der Waals surface area contributed by atoms with Gasteiger partial charge in [-0.1, -0.05) is 13.3 Å². The van der Waals surface area contributed by atoms with Crippen LogP contribution in [0.2, 0.25) is 0 Å². The minimum atomic E-state index is -0.760. The molecule has 21 heavy (non-hydrogen) atoms. The van der Waals surface area contributed by atoms with Crippen molar-refractivity contribution < 1.29 is 19.4 Å². The zero-order valence-electron chi connectivity index (χ0n) is 13.1. The maximum absolute atomic E-state index is 11.7. The Kier molecular flexibility index (Phi) is 7.50. The van der Waals surface area contributed by atoms with E-state index >= 15 is 0 Å². The number of hydrogen-bond donors (Lipinski definition) is 3. The summed E-state index contributed by atoms with van der Waals surface area (Å²) in [5, 5.41) is 14.3. The minimum Gasteiger partial charge on any atom is -0.481 e. The van der Waals surface area contributed by atoms with Crippen LogP contribution in [0.5, 0.6) is 0 Å². The van der Waals surface area contributed by atoms with Gasteiger partial charge in [0, 0.05) is 26.1 Å². The van der Waals surface area contributed by atoms with Crippen molar-refractivity contribution in [3.8, 4) is 0 Å². The molecule has 6 heteroatoms. The van der Waals surface area contributed by atoms with Crippen LogP contribution in [-0.4, -0.2) is 42.4 Å². The van der Waals surface area contributed by atoms with Crippen LogP contribution in [0.15, 0.2) is 0 Å². The van der Waals surface area contributed by atoms with Gasteiger partial charge >= 0.3 is 12.0 Å². The third kappa shape index (κ3) is 7.32. The van der Waals surface area contributed by atoms with Gasteiger partial charge in [-0.3, -0.25) is 4.79 Å². The van der Waals surface area contributed by atoms with Crippen molar-refractivity contribution >= 4 is 12.0 Å². The Morgan fingerprint density at radius 2 is 2.10 bits per heavy atom. The fourth-order valence-corrected chi connectivity index (χ4v) is 2.58. The second-order valence-electron chi connectivity index (χ2n) is 6.01. The number of amides is 2. The van der Waals surface area contributed by atoms with E-state index in [0.29, 0.717) is 25.4 Å². The van der Waals surface area contributed by atoms with Crippen molar-refractivity contribution in [2.24, 2.45) is 5.92 Å². The van der Waals surface area contributed by atoms with E-state index in [-0.39, 0.29) is 18.1 Å². The Morgan fingerprint density at radius 1 is 1.33 bits per heavy atom. The first-order chi connectivity index (χ1) is 9.95. The van der Waals surface area contributed by atoms with E-state index in [9.17, 15) is 9.59 Å². The predicted molar refractivity (Wildman–Crippen MR) is 80.3 cm³/mol. The molecule has 1 aliphatic heterocycles. The quantitative estimate of drug-likeness (QED) is 0.609. The molecule has 3 N–H and O–H groups in total. The van der Waals surface area contributed by atoms with Crippen molar-refractivity contribution in [3.05, 3.63) is 0 Å². The van der Waals surface area contributed by atoms with Gasteiger partial charge in [0.05, 0.1) is 5.60 Å². The molecule has 1 saturated heterocycles. The van der Waals surface area contributed by atoms with Crippen molar-refractivity contribution in [3.63, 3.8) is 0 Å². The Hall–Kier alpha value is -1.30. The smallest absolute Gasteiger partial charge is 0.314 e. The molecule has 122 valence electrons. The number of carboxylic acid groups (broad SMARTS) is 1. The van der Waals surface area contributed by atoms with E-state index in [2.05, 4.69) is 10.6 Å². The summed E-state index contributed by atoms with van der Waals surface area (Å²) in [6.07, 6.45) is 4.62. The average Bonchev–Trinajstić information content (AvgIpc) is 2.87. The standard InChI is InChI=1S/C15H28N2O4/c1-3-12(5-6-13(18)19)7-9-16-14(20)17-11-15(2)8-4-10-21-15/h12H,3-11H2,1-2H3,(H,18,19)(H2,16,17,20). The summed E-state index contributed by atoms with van der Waals surface area (Å²) < 4.78 is 5.61. The van der Waals surface area contributed by atoms with Crippen LogP contribution in [0.3, 0.4) is 0 Å². The Bertz CT molecular complexity index is 341. The van der Waals surface area contributed by atoms with Crippen LogP contribution in [0, 0.1) is 5.92 Å². The molecule has 0 saturated carbocycles. The third-order valence-electron chi connectivity index (χ3n) is 4.11. The fourth-order valence-electron chi connectivity index (χ4n) is 2.58. The molecule has 1 aliphatic rings. The molecule has 0 aliphatic carbocycles. The van der Waals surface area contributed by atoms with Crippen LogP contribution in [0.25, 0.3) is 0 Å². The van der Waals surface area contributed by atoms with E-state index in [0.717, 1.165) is 32.3 Å². The molecule has 0 radical (unpaired) electrons. The molecule has 0 bridgehead atoms. The molecular weight excluding hydrogens is 272 g/mol. The molecule has 0 aromatic carbocycles. The van der Waals surface area contributed by atoms with E-state index < -0.39 is 5.97 Å². The van der Waals surface area contributed by atoms with Crippen molar-refractivity contribution in [2.45, 2.75) is 58.0 Å². The summed E-state index contributed by atoms with van der Waals surface area (Å²) in [5.74, 6) is -0.416. The van der Waals surface area contributed by atoms with Crippen molar-refractivity contribution in [2.75, 3.05) is 19.7 Å². The van der Waals surface area contributed by atoms with Gasteiger partial charge in [-0.05, 0) is 38.5 Å². The summed E-state index contributed by atoms with van der Waals surface area (Å²) in [6.45, 7) is 5.92. The summed E-state index contributed by atoms with van der Waals surface area (Å²) in [6, 6.07) is -0.181. The number of rotatable bonds is 9. The van der Waals surface area contributed by atoms with Gasteiger partial charge in [-0.2, -0.15) is 0 Å². The van der Waals surface area contributed by atoms with Gasteiger partial charge in [0.25, 0.3) is 0 Å². The van der Waals surface area contributed by atoms with Crippen LogP contribution in [0.1, 0.15) is 52.4 Å². The first-order valence-corrected chi connectivity index (χ1v) is 7.82. The summed E-state index contributed by atoms with van der Waals surface area (Å²) >= 11 is 0. The van der Waals surface area contributed by atoms with Gasteiger partial charge in [-0.25, -0.2) is 4.79 Å². The molecule has 0 spiro atoms. The molecule has 0 aromatic rings. The maximum Gasteiger partial charge on any atom is 0.314 e. The number of hydrogen-bond acceptors (Lipinski definition) is 3. The third-order valence-corrected chi connectivity index (χ3v) is 4.11. The number of aliphatic carboxylic acids is 1. The zero-order chi connectivity index (χ0) is 15.7. The Balaban J connectivity index is 2.12. The number of carbonyl (C=O) groups excluding carboxylic acids is 1. The highest BCUT2D eigenvalue weighted by molar-refractivity contribution is 5.73. The highest BCUT2D eigenvalue weighted by atomic mass is 16.5. The van der Waals surface area contributed by atoms with E-state index in [1.165, 1.54) is 0 Å². The topological polar surface area (TPSA) is 87.7 Å². The average molecular weight is 300 g/mol. The lowest BCUT2D eigenvalue weighted by atomic mass is 9.97. The molecule has 1 fully saturated rings. The number of carbonyl (C=O) groups is 2. The van der Waals surface area contributed by atoms with E-state index in [4.69, 9.17) is 9.84 Å². The van der Waals surface area contributed by atoms with Crippen molar-refractivity contribution in [1.82, 2.24) is 10.6 Å². The highest BCUT2D eigenvalue weighted by Gasteiger charge is 2.29. The molecular formula is C15H28N2O4. The summed E-state index contributed by atoms with van der Waals surface area (Å²) in [4.78, 5) is 22.3. The lowest BCUT2D eigenvalue weighted by Crippen LogP contribution is -2.44. The number of ether oxygens (including phenoxy) is 1. The van der Waals surface area contributed by atoms with Crippen LogP contribution < -0.4 is 10.6 Å². The van der Waals surface area contributed by atoms with Crippen LogP contribution in [-0.2, 0) is 9.53 Å². The second-order valence-corrected chi connectivity index (χ2v) is 6.01. The SMILES string of the molecule is CCC(CCNC(=O)NCC1(C)CCCO1)CCC(=O)O. The molecule has 1 rings (SSSR count). The second kappa shape index (κ2) is 8.87. The number of urea groups is 1. The van der Waals surface area contributed by atoms with Gasteiger partial charge in [-0.15, -0.1) is 0 Å². The normalized spacial score (nSPS) is 22.8. The predicted octanol–water partition coefficient (Wildman–Crippen LogP) is 2.14. The number of nitrogens with one attached hydrogen (secondary N) is 2. The lowest BCUT2D eigenvalue weighted by Gasteiger charge is -2.23. The molecule has 0 aromatic heterocycles. The van der Waals surface area contributed by atoms with Gasteiger partial charge in [0.2, 0.25) is 0 Å². The lowest BCUT2D eigenvalue weighted by molar-refractivity contribution is -0.137. The zero-order valence-corrected chi connectivity index (χ0v) is 13.1. The van der Waals surface area contributed by atoms with Gasteiger partial charge in [0.1, 0.15) is 0 Å². The molecule has 2 amide bonds. The molecule has 2 unspecified atom stereocenters. The Labute approximate surface area is 126 Å². The van der Waals surface area contributed by atoms with E-state index in [1.807, 2.05) is 13.8 Å². The highest BCUT2D eigenvalue weighted by Crippen LogP contribution is 2.23. The molecule has 2 atom stereocenters. The summed E-state index contributed by atoms with van der Waals surface area (Å²) in [7, 11) is 0. The molecule has 1 heterocycles. The first-order valence-electron chi connectivity index (χ1n) is 7.82. The summed E-state index contributed by atoms with van der Waals surface area (Å²) in [5.41, 5.74) is -0.231. The minimum absolute atomic E-state index is 0.181. The fraction of sp³-hybridized carbons (Fsp3) is 0.867. The molecule has 6 nitrogen and oxygen atoms in total. The Morgan fingerprint density at radius 3 is 2.67 bits per heavy atom. The van der Waals surface area contributed by atoms with Crippen LogP contribution in [0.4, 0.5) is 4.79 Å². The first kappa shape index (κ1) is 17.8. The van der Waals surface area contributed by atoms with Gasteiger partial charge < -0.3 is 20.5 Å². The van der Waals surface area contributed by atoms with E-state index in [1.54, 1.807) is 0 Å². The van der Waals surface area contributed by atoms with Crippen molar-refractivity contribution in [1.29, 1.82) is 0 Å². The largest absolute Gasteiger partial charge is 0.481 e. The van der Waals surface area contributed by atoms with Gasteiger partial charge in [0.15, 0.2) is 0 Å². The monoisotopic (exact) mass is 300 g/mol.